The molecule has 0 aliphatic carbocycles. The average Bonchev–Trinajstić information content (AvgIpc) is 3.80. The molecule has 0 saturated heterocycles. The summed E-state index contributed by atoms with van der Waals surface area (Å²) in [6.45, 7) is -0.846. The molecule has 0 radical (unpaired) electrons. The molecule has 5 rings (SSSR count). The lowest BCUT2D eigenvalue weighted by Crippen LogP contribution is -2.58. The molecule has 4 atom stereocenters. The Bertz CT molecular complexity index is 1800. The first-order valence-corrected chi connectivity index (χ1v) is 14.3. The minimum Gasteiger partial charge on any atom is -0.480 e. The van der Waals surface area contributed by atoms with E-state index in [0.29, 0.717) is 11.3 Å². The molecule has 0 spiro atoms. The summed E-state index contributed by atoms with van der Waals surface area (Å²) in [6.07, 6.45) is 6.63. The zero-order valence-corrected chi connectivity index (χ0v) is 24.1. The van der Waals surface area contributed by atoms with Gasteiger partial charge < -0.3 is 46.8 Å². The highest BCUT2D eigenvalue weighted by molar-refractivity contribution is 5.95. The smallest absolute Gasteiger partial charge is 0.328 e. The van der Waals surface area contributed by atoms with Crippen LogP contribution in [0.5, 0.6) is 0 Å². The lowest BCUT2D eigenvalue weighted by molar-refractivity contribution is -0.143. The van der Waals surface area contributed by atoms with E-state index in [1.165, 1.54) is 12.5 Å². The number of carboxylic acid groups (broad SMARTS) is 1. The van der Waals surface area contributed by atoms with Crippen LogP contribution in [0.3, 0.4) is 0 Å². The Labute approximate surface area is 256 Å². The molecule has 0 saturated carbocycles. The van der Waals surface area contributed by atoms with Gasteiger partial charge in [-0.25, -0.2) is 9.78 Å². The number of imidazole rings is 1. The molecule has 0 fully saturated rings. The number of benzene rings is 2. The number of aliphatic hydroxyl groups is 1. The van der Waals surface area contributed by atoms with E-state index in [1.807, 2.05) is 48.5 Å². The van der Waals surface area contributed by atoms with Crippen LogP contribution in [0.4, 0.5) is 0 Å². The lowest BCUT2D eigenvalue weighted by atomic mass is 10.0. The molecule has 234 valence electrons. The number of carbonyl (C=O) groups is 4. The van der Waals surface area contributed by atoms with E-state index in [9.17, 15) is 29.4 Å². The van der Waals surface area contributed by atoms with Crippen molar-refractivity contribution in [2.24, 2.45) is 5.73 Å². The third kappa shape index (κ3) is 7.37. The first kappa shape index (κ1) is 31.0. The molecule has 0 aliphatic rings. The van der Waals surface area contributed by atoms with Crippen LogP contribution >= 0.6 is 0 Å². The number of H-pyrrole nitrogens is 3. The summed E-state index contributed by atoms with van der Waals surface area (Å²) in [6, 6.07) is 10.00. The van der Waals surface area contributed by atoms with Gasteiger partial charge >= 0.3 is 5.97 Å². The van der Waals surface area contributed by atoms with E-state index in [2.05, 4.69) is 35.9 Å². The van der Waals surface area contributed by atoms with Crippen LogP contribution in [0, 0.1) is 0 Å². The third-order valence-corrected chi connectivity index (χ3v) is 7.59. The summed E-state index contributed by atoms with van der Waals surface area (Å²) < 4.78 is 0. The molecular formula is C31H34N8O6. The number of nitrogens with zero attached hydrogens (tertiary/aromatic N) is 1. The molecule has 3 heterocycles. The number of rotatable bonds is 14. The van der Waals surface area contributed by atoms with Crippen LogP contribution in [0.15, 0.2) is 73.4 Å². The van der Waals surface area contributed by atoms with Gasteiger partial charge in [0, 0.05) is 58.9 Å². The minimum absolute atomic E-state index is 0.00714. The van der Waals surface area contributed by atoms with Crippen molar-refractivity contribution in [3.63, 3.8) is 0 Å². The number of nitrogens with one attached hydrogen (secondary N) is 6. The van der Waals surface area contributed by atoms with Gasteiger partial charge in [0.15, 0.2) is 0 Å². The van der Waals surface area contributed by atoms with E-state index >= 15 is 0 Å². The number of nitrogens with two attached hydrogens (primary N) is 1. The molecule has 14 nitrogen and oxygen atoms in total. The maximum absolute atomic E-state index is 13.8. The van der Waals surface area contributed by atoms with Gasteiger partial charge in [-0.05, 0) is 29.7 Å². The summed E-state index contributed by atoms with van der Waals surface area (Å²) in [4.78, 5) is 65.1. The SMILES string of the molecule is NC(Cc1c[nH]c2ccccc12)C(=O)NC(Cc1cnc[nH]1)C(=O)NC(Cc1c[nH]c2ccccc12)C(=O)NC(CO)C(=O)O. The molecule has 4 unspecified atom stereocenters. The van der Waals surface area contributed by atoms with Crippen molar-refractivity contribution >= 4 is 45.5 Å². The predicted molar refractivity (Wildman–Crippen MR) is 165 cm³/mol. The van der Waals surface area contributed by atoms with Crippen LogP contribution in [0.1, 0.15) is 16.8 Å². The van der Waals surface area contributed by atoms with Crippen molar-refractivity contribution < 1.29 is 29.4 Å². The Morgan fingerprint density at radius 3 is 1.82 bits per heavy atom. The number of amides is 3. The number of carboxylic acids is 1. The number of aliphatic carboxylic acids is 1. The van der Waals surface area contributed by atoms with Gasteiger partial charge in [0.1, 0.15) is 18.1 Å². The van der Waals surface area contributed by atoms with Crippen molar-refractivity contribution in [2.45, 2.75) is 43.4 Å². The van der Waals surface area contributed by atoms with E-state index in [-0.39, 0.29) is 19.3 Å². The molecule has 3 amide bonds. The van der Waals surface area contributed by atoms with Gasteiger partial charge in [0.25, 0.3) is 0 Å². The molecule has 45 heavy (non-hydrogen) atoms. The average molecular weight is 615 g/mol. The van der Waals surface area contributed by atoms with Crippen LogP contribution < -0.4 is 21.7 Å². The van der Waals surface area contributed by atoms with Gasteiger partial charge in [-0.3, -0.25) is 14.4 Å². The van der Waals surface area contributed by atoms with Crippen molar-refractivity contribution in [3.8, 4) is 0 Å². The second-order valence-corrected chi connectivity index (χ2v) is 10.7. The van der Waals surface area contributed by atoms with E-state index < -0.39 is 54.5 Å². The maximum atomic E-state index is 13.8. The molecule has 14 heteroatoms. The Morgan fingerprint density at radius 1 is 0.733 bits per heavy atom. The fourth-order valence-electron chi connectivity index (χ4n) is 5.19. The molecular weight excluding hydrogens is 580 g/mol. The third-order valence-electron chi connectivity index (χ3n) is 7.59. The molecule has 3 aromatic heterocycles. The number of para-hydroxylation sites is 2. The summed E-state index contributed by atoms with van der Waals surface area (Å²) in [5, 5.41) is 28.3. The molecule has 2 aromatic carbocycles. The second-order valence-electron chi connectivity index (χ2n) is 10.7. The number of hydrogen-bond donors (Lipinski definition) is 9. The fourth-order valence-corrected chi connectivity index (χ4v) is 5.19. The summed E-state index contributed by atoms with van der Waals surface area (Å²) in [5.74, 6) is -3.54. The molecule has 0 bridgehead atoms. The van der Waals surface area contributed by atoms with Crippen LogP contribution in [-0.4, -0.2) is 84.6 Å². The highest BCUT2D eigenvalue weighted by Gasteiger charge is 2.31. The Kier molecular flexibility index (Phi) is 9.55. The van der Waals surface area contributed by atoms with Crippen LogP contribution in [0.25, 0.3) is 21.8 Å². The number of fused-ring (bicyclic) bond motifs is 2. The number of hydrogen-bond acceptors (Lipinski definition) is 7. The largest absolute Gasteiger partial charge is 0.480 e. The first-order chi connectivity index (χ1) is 21.7. The van der Waals surface area contributed by atoms with Crippen LogP contribution in [-0.2, 0) is 38.4 Å². The normalized spacial score (nSPS) is 14.0. The van der Waals surface area contributed by atoms with Gasteiger partial charge in [0.05, 0.1) is 19.0 Å². The number of aromatic amines is 3. The predicted octanol–water partition coefficient (Wildman–Crippen LogP) is 0.259. The van der Waals surface area contributed by atoms with Crippen molar-refractivity contribution in [1.29, 1.82) is 0 Å². The Hall–Kier alpha value is -5.47. The molecule has 5 aromatic rings. The zero-order valence-electron chi connectivity index (χ0n) is 24.1. The first-order valence-electron chi connectivity index (χ1n) is 14.3. The highest BCUT2D eigenvalue weighted by atomic mass is 16.4. The van der Waals surface area contributed by atoms with Gasteiger partial charge in [-0.15, -0.1) is 0 Å². The monoisotopic (exact) mass is 614 g/mol. The van der Waals surface area contributed by atoms with E-state index in [1.54, 1.807) is 12.4 Å². The number of aromatic nitrogens is 4. The Morgan fingerprint density at radius 2 is 1.27 bits per heavy atom. The summed E-state index contributed by atoms with van der Waals surface area (Å²) >= 11 is 0. The van der Waals surface area contributed by atoms with E-state index in [4.69, 9.17) is 5.73 Å². The highest BCUT2D eigenvalue weighted by Crippen LogP contribution is 2.20. The number of aliphatic hydroxyl groups excluding tert-OH is 1. The summed E-state index contributed by atoms with van der Waals surface area (Å²) in [7, 11) is 0. The Balaban J connectivity index is 1.36. The molecule has 0 aliphatic heterocycles. The van der Waals surface area contributed by atoms with E-state index in [0.717, 1.165) is 27.4 Å². The van der Waals surface area contributed by atoms with Crippen molar-refractivity contribution in [2.75, 3.05) is 6.61 Å². The minimum atomic E-state index is -1.58. The van der Waals surface area contributed by atoms with Crippen LogP contribution in [0.2, 0.25) is 0 Å². The second kappa shape index (κ2) is 13.9. The summed E-state index contributed by atoms with van der Waals surface area (Å²) in [5.41, 5.74) is 10.1. The zero-order chi connectivity index (χ0) is 31.9. The quantitative estimate of drug-likeness (QED) is 0.0840. The number of carbonyl (C=O) groups excluding carboxylic acids is 3. The van der Waals surface area contributed by atoms with Crippen molar-refractivity contribution in [3.05, 3.63) is 90.3 Å². The van der Waals surface area contributed by atoms with Gasteiger partial charge in [-0.2, -0.15) is 0 Å². The van der Waals surface area contributed by atoms with Crippen molar-refractivity contribution in [1.82, 2.24) is 35.9 Å². The lowest BCUT2D eigenvalue weighted by Gasteiger charge is -2.25. The standard InChI is InChI=1S/C31H34N8O6/c32-22(9-17-12-34-23-7-3-1-5-20(17)23)28(41)37-26(11-19-14-33-16-36-19)30(43)38-25(29(42)39-27(15-40)31(44)45)10-18-13-35-24-8-4-2-6-21(18)24/h1-8,12-14,16,22,25-27,34-35,40H,9-11,15,32H2,(H,33,36)(H,37,41)(H,38,43)(H,39,42)(H,44,45). The fraction of sp³-hybridized carbons (Fsp3) is 0.258. The maximum Gasteiger partial charge on any atom is 0.328 e. The van der Waals surface area contributed by atoms with Gasteiger partial charge in [-0.1, -0.05) is 36.4 Å². The van der Waals surface area contributed by atoms with Gasteiger partial charge in [0.2, 0.25) is 17.7 Å². The molecule has 10 N–H and O–H groups in total. The topological polar surface area (TPSA) is 231 Å².